The molecule has 1 unspecified atom stereocenters. The molecule has 3 rings (SSSR count). The number of rotatable bonds is 5. The van der Waals surface area contributed by atoms with Gasteiger partial charge in [0.2, 0.25) is 0 Å². The van der Waals surface area contributed by atoms with E-state index < -0.39 is 17.8 Å². The van der Waals surface area contributed by atoms with Gasteiger partial charge in [0, 0.05) is 6.42 Å². The first-order valence-electron chi connectivity index (χ1n) is 12.3. The van der Waals surface area contributed by atoms with Gasteiger partial charge in [0.15, 0.2) is 0 Å². The van der Waals surface area contributed by atoms with Gasteiger partial charge in [-0.1, -0.05) is 64.2 Å². The van der Waals surface area contributed by atoms with Crippen LogP contribution >= 0.6 is 0 Å². The minimum absolute atomic E-state index is 0.201. The van der Waals surface area contributed by atoms with Crippen molar-refractivity contribution in [3.8, 4) is 0 Å². The Balaban J connectivity index is 1.78. The maximum atomic E-state index is 10.6. The van der Waals surface area contributed by atoms with E-state index in [1.165, 1.54) is 31.3 Å². The number of hydrogen-bond acceptors (Lipinski definition) is 3. The predicted octanol–water partition coefficient (Wildman–Crippen LogP) is 5.73. The predicted molar refractivity (Wildman–Crippen MR) is 128 cm³/mol. The van der Waals surface area contributed by atoms with Crippen LogP contribution in [0.5, 0.6) is 0 Å². The van der Waals surface area contributed by atoms with Crippen LogP contribution in [0.3, 0.4) is 0 Å². The lowest BCUT2D eigenvalue weighted by Gasteiger charge is -2.44. The Morgan fingerprint density at radius 3 is 2.55 bits per heavy atom. The summed E-state index contributed by atoms with van der Waals surface area (Å²) in [6, 6.07) is 0. The monoisotopic (exact) mass is 428 g/mol. The fraction of sp³-hybridized carbons (Fsp3) is 0.714. The molecular formula is C28H44O3. The summed E-state index contributed by atoms with van der Waals surface area (Å²) in [6.07, 6.45) is 14.6. The van der Waals surface area contributed by atoms with Crippen LogP contribution in [-0.2, 0) is 0 Å². The average molecular weight is 429 g/mol. The van der Waals surface area contributed by atoms with Crippen molar-refractivity contribution < 1.29 is 15.3 Å². The second-order valence-corrected chi connectivity index (χ2v) is 11.3. The van der Waals surface area contributed by atoms with Gasteiger partial charge in [-0.15, -0.1) is 0 Å². The Morgan fingerprint density at radius 1 is 1.16 bits per heavy atom. The molecule has 0 bridgehead atoms. The zero-order valence-electron chi connectivity index (χ0n) is 20.3. The summed E-state index contributed by atoms with van der Waals surface area (Å²) in [6.45, 7) is 14.9. The van der Waals surface area contributed by atoms with Crippen LogP contribution in [0.25, 0.3) is 0 Å². The number of hydrogen-bond donors (Lipinski definition) is 3. The van der Waals surface area contributed by atoms with Crippen molar-refractivity contribution in [3.05, 3.63) is 47.6 Å². The molecule has 3 aliphatic rings. The summed E-state index contributed by atoms with van der Waals surface area (Å²) in [4.78, 5) is 0. The molecule has 0 aromatic carbocycles. The molecule has 0 amide bonds. The zero-order chi connectivity index (χ0) is 23.0. The van der Waals surface area contributed by atoms with Gasteiger partial charge in [-0.05, 0) is 85.7 Å². The van der Waals surface area contributed by atoms with Crippen LogP contribution in [-0.4, -0.2) is 33.1 Å². The molecule has 0 saturated heterocycles. The van der Waals surface area contributed by atoms with Crippen LogP contribution in [0.1, 0.15) is 79.6 Å². The third-order valence-electron chi connectivity index (χ3n) is 8.84. The van der Waals surface area contributed by atoms with E-state index >= 15 is 0 Å². The van der Waals surface area contributed by atoms with Gasteiger partial charge in [-0.3, -0.25) is 0 Å². The summed E-state index contributed by atoms with van der Waals surface area (Å²) in [5.74, 6) is 1.87. The van der Waals surface area contributed by atoms with E-state index in [9.17, 15) is 15.3 Å². The summed E-state index contributed by atoms with van der Waals surface area (Å²) in [5.41, 5.74) is 2.82. The Bertz CT molecular complexity index is 756. The maximum absolute atomic E-state index is 10.6. The highest BCUT2D eigenvalue weighted by molar-refractivity contribution is 5.38. The number of aliphatic hydroxyl groups is 3. The van der Waals surface area contributed by atoms with Gasteiger partial charge in [-0.25, -0.2) is 0 Å². The van der Waals surface area contributed by atoms with E-state index in [0.29, 0.717) is 36.0 Å². The standard InChI is InChI=1S/C28H44O3/c1-18(2)28(6,31)15-13-19(3)24-11-12-25-21(8-7-14-27(24,25)5)9-10-22-16-23(29)17-26(30)20(22)4/h9-10,13,15,18-19,23-26,29-31H,4,7-8,11-12,14,16-17H2,1-3,5-6H3/b15-13+,21-9+,22-10+/t19-,23-,24-,25+,26?,27-,28-/m1/s1. The normalized spacial score (nSPS) is 40.0. The molecule has 0 aromatic heterocycles. The van der Waals surface area contributed by atoms with Crippen molar-refractivity contribution in [2.75, 3.05) is 0 Å². The molecule has 0 heterocycles. The van der Waals surface area contributed by atoms with E-state index in [1.54, 1.807) is 0 Å². The fourth-order valence-corrected chi connectivity index (χ4v) is 6.28. The van der Waals surface area contributed by atoms with Crippen molar-refractivity contribution >= 4 is 0 Å². The molecule has 0 radical (unpaired) electrons. The molecule has 0 aromatic rings. The molecule has 31 heavy (non-hydrogen) atoms. The molecule has 3 fully saturated rings. The molecular weight excluding hydrogens is 384 g/mol. The third kappa shape index (κ3) is 5.10. The fourth-order valence-electron chi connectivity index (χ4n) is 6.28. The average Bonchev–Trinajstić information content (AvgIpc) is 3.05. The highest BCUT2D eigenvalue weighted by atomic mass is 16.3. The number of fused-ring (bicyclic) bond motifs is 1. The molecule has 0 spiro atoms. The summed E-state index contributed by atoms with van der Waals surface area (Å²) in [5, 5.41) is 30.8. The molecule has 3 N–H and O–H groups in total. The smallest absolute Gasteiger partial charge is 0.0822 e. The SMILES string of the molecule is C=C1/C(=C/C=C2\CCC[C@]3(C)[C@@H]([C@H](C)/C=C/[C@@](C)(O)C(C)C)CC[C@@H]23)C[C@@H](O)CC1O. The minimum Gasteiger partial charge on any atom is -0.393 e. The summed E-state index contributed by atoms with van der Waals surface area (Å²) in [7, 11) is 0. The summed E-state index contributed by atoms with van der Waals surface area (Å²) < 4.78 is 0. The van der Waals surface area contributed by atoms with Gasteiger partial charge in [0.1, 0.15) is 0 Å². The Labute approximate surface area is 189 Å². The zero-order valence-corrected chi connectivity index (χ0v) is 20.3. The Morgan fingerprint density at radius 2 is 1.87 bits per heavy atom. The van der Waals surface area contributed by atoms with Crippen molar-refractivity contribution in [1.29, 1.82) is 0 Å². The first kappa shape index (κ1) is 24.5. The van der Waals surface area contributed by atoms with Crippen LogP contribution in [0.15, 0.2) is 47.6 Å². The molecule has 7 atom stereocenters. The molecule has 174 valence electrons. The minimum atomic E-state index is -0.755. The van der Waals surface area contributed by atoms with Crippen molar-refractivity contribution in [3.63, 3.8) is 0 Å². The third-order valence-corrected chi connectivity index (χ3v) is 8.84. The van der Waals surface area contributed by atoms with Gasteiger partial charge >= 0.3 is 0 Å². The van der Waals surface area contributed by atoms with E-state index in [4.69, 9.17) is 0 Å². The highest BCUT2D eigenvalue weighted by Crippen LogP contribution is 2.59. The second-order valence-electron chi connectivity index (χ2n) is 11.3. The number of allylic oxidation sites excluding steroid dienone is 4. The van der Waals surface area contributed by atoms with Crippen LogP contribution in [0.4, 0.5) is 0 Å². The lowest BCUT2D eigenvalue weighted by molar-refractivity contribution is 0.0607. The quantitative estimate of drug-likeness (QED) is 0.490. The molecule has 3 heteroatoms. The first-order chi connectivity index (χ1) is 14.5. The summed E-state index contributed by atoms with van der Waals surface area (Å²) >= 11 is 0. The molecule has 0 aliphatic heterocycles. The Hall–Kier alpha value is -1.16. The van der Waals surface area contributed by atoms with Crippen LogP contribution in [0.2, 0.25) is 0 Å². The van der Waals surface area contributed by atoms with Crippen LogP contribution < -0.4 is 0 Å². The Kier molecular flexibility index (Phi) is 7.40. The van der Waals surface area contributed by atoms with E-state index in [-0.39, 0.29) is 5.92 Å². The van der Waals surface area contributed by atoms with Crippen molar-refractivity contribution in [2.24, 2.45) is 29.1 Å². The van der Waals surface area contributed by atoms with E-state index in [0.717, 1.165) is 17.6 Å². The lowest BCUT2D eigenvalue weighted by Crippen LogP contribution is -2.36. The lowest BCUT2D eigenvalue weighted by atomic mass is 9.61. The molecule has 3 aliphatic carbocycles. The highest BCUT2D eigenvalue weighted by Gasteiger charge is 2.50. The van der Waals surface area contributed by atoms with Gasteiger partial charge in [-0.2, -0.15) is 0 Å². The maximum Gasteiger partial charge on any atom is 0.0822 e. The van der Waals surface area contributed by atoms with E-state index in [1.807, 2.05) is 13.0 Å². The van der Waals surface area contributed by atoms with Gasteiger partial charge in [0.25, 0.3) is 0 Å². The van der Waals surface area contributed by atoms with Crippen molar-refractivity contribution in [2.45, 2.75) is 97.4 Å². The second kappa shape index (κ2) is 9.37. The van der Waals surface area contributed by atoms with Gasteiger partial charge in [0.05, 0.1) is 17.8 Å². The molecule has 3 saturated carbocycles. The van der Waals surface area contributed by atoms with Gasteiger partial charge < -0.3 is 15.3 Å². The largest absolute Gasteiger partial charge is 0.393 e. The molecule has 3 nitrogen and oxygen atoms in total. The van der Waals surface area contributed by atoms with E-state index in [2.05, 4.69) is 52.5 Å². The number of aliphatic hydroxyl groups excluding tert-OH is 2. The van der Waals surface area contributed by atoms with Crippen molar-refractivity contribution in [1.82, 2.24) is 0 Å². The topological polar surface area (TPSA) is 60.7 Å². The van der Waals surface area contributed by atoms with Crippen LogP contribution in [0, 0.1) is 29.1 Å². The first-order valence-corrected chi connectivity index (χ1v) is 12.3.